The van der Waals surface area contributed by atoms with Gasteiger partial charge in [-0.1, -0.05) is 25.4 Å². The molecular weight excluding hydrogens is 390 g/mol. The minimum Gasteiger partial charge on any atom is -0.320 e. The predicted octanol–water partition coefficient (Wildman–Crippen LogP) is 3.88. The van der Waals surface area contributed by atoms with Crippen LogP contribution in [0.3, 0.4) is 0 Å². The van der Waals surface area contributed by atoms with E-state index >= 15 is 0 Å². The molecule has 0 aliphatic carbocycles. The molecule has 4 aromatic rings. The van der Waals surface area contributed by atoms with Crippen LogP contribution in [0.25, 0.3) is 11.5 Å². The maximum absolute atomic E-state index is 12.9. The van der Waals surface area contributed by atoms with Gasteiger partial charge in [-0.15, -0.1) is 0 Å². The lowest BCUT2D eigenvalue weighted by Crippen LogP contribution is -2.15. The number of carbonyl (C=O) groups excluding carboxylic acids is 1. The first-order valence-corrected chi connectivity index (χ1v) is 9.37. The second kappa shape index (κ2) is 7.84. The Balaban J connectivity index is 1.59. The standard InChI is InChI=1S/C20H18ClN7O/c1-13(2)19-17(10-24-28(19)16-6-3-14(21)4-7-16)20(29)26-15-5-8-18(23-9-15)27-12-22-11-25-27/h3-13H,1-2H3,(H,26,29). The van der Waals surface area contributed by atoms with Crippen molar-refractivity contribution in [2.75, 3.05) is 5.32 Å². The molecule has 1 amide bonds. The molecule has 146 valence electrons. The summed E-state index contributed by atoms with van der Waals surface area (Å²) in [5.41, 5.74) is 2.75. The van der Waals surface area contributed by atoms with Crippen molar-refractivity contribution in [1.82, 2.24) is 29.5 Å². The molecule has 9 heteroatoms. The molecule has 0 radical (unpaired) electrons. The van der Waals surface area contributed by atoms with E-state index in [1.165, 1.54) is 6.33 Å². The fraction of sp³-hybridized carbons (Fsp3) is 0.150. The molecule has 0 saturated heterocycles. The van der Waals surface area contributed by atoms with Gasteiger partial charge in [0.05, 0.1) is 35.0 Å². The molecule has 0 saturated carbocycles. The molecule has 0 bridgehead atoms. The lowest BCUT2D eigenvalue weighted by atomic mass is 10.0. The number of halogens is 1. The normalized spacial score (nSPS) is 11.0. The summed E-state index contributed by atoms with van der Waals surface area (Å²) >= 11 is 5.98. The number of rotatable bonds is 5. The van der Waals surface area contributed by atoms with E-state index in [2.05, 4.69) is 25.5 Å². The molecule has 8 nitrogen and oxygen atoms in total. The molecule has 1 aromatic carbocycles. The van der Waals surface area contributed by atoms with Crippen molar-refractivity contribution in [1.29, 1.82) is 0 Å². The third-order valence-electron chi connectivity index (χ3n) is 4.33. The molecule has 0 aliphatic rings. The van der Waals surface area contributed by atoms with Gasteiger partial charge >= 0.3 is 0 Å². The molecule has 0 fully saturated rings. The van der Waals surface area contributed by atoms with Crippen LogP contribution < -0.4 is 5.32 Å². The van der Waals surface area contributed by atoms with Gasteiger partial charge in [0.15, 0.2) is 5.82 Å². The maximum Gasteiger partial charge on any atom is 0.259 e. The SMILES string of the molecule is CC(C)c1c(C(=O)Nc2ccc(-n3cncn3)nc2)cnn1-c1ccc(Cl)cc1. The van der Waals surface area contributed by atoms with Crippen molar-refractivity contribution in [2.45, 2.75) is 19.8 Å². The third kappa shape index (κ3) is 3.88. The van der Waals surface area contributed by atoms with E-state index in [1.54, 1.807) is 52.4 Å². The van der Waals surface area contributed by atoms with Crippen molar-refractivity contribution in [3.05, 3.63) is 77.7 Å². The van der Waals surface area contributed by atoms with Gasteiger partial charge in [-0.05, 0) is 42.3 Å². The van der Waals surface area contributed by atoms with Crippen LogP contribution in [0.1, 0.15) is 35.8 Å². The highest BCUT2D eigenvalue weighted by Crippen LogP contribution is 2.25. The summed E-state index contributed by atoms with van der Waals surface area (Å²) < 4.78 is 3.31. The summed E-state index contributed by atoms with van der Waals surface area (Å²) in [4.78, 5) is 21.1. The first kappa shape index (κ1) is 18.8. The first-order chi connectivity index (χ1) is 14.0. The van der Waals surface area contributed by atoms with E-state index in [0.717, 1.165) is 11.4 Å². The van der Waals surface area contributed by atoms with Crippen molar-refractivity contribution >= 4 is 23.2 Å². The van der Waals surface area contributed by atoms with Gasteiger partial charge < -0.3 is 5.32 Å². The van der Waals surface area contributed by atoms with Gasteiger partial charge in [0.2, 0.25) is 0 Å². The van der Waals surface area contributed by atoms with Crippen LogP contribution in [-0.2, 0) is 0 Å². The highest BCUT2D eigenvalue weighted by Gasteiger charge is 2.21. The zero-order chi connectivity index (χ0) is 20.4. The minimum atomic E-state index is -0.246. The molecule has 4 rings (SSSR count). The summed E-state index contributed by atoms with van der Waals surface area (Å²) in [5, 5.41) is 12.0. The average molecular weight is 408 g/mol. The summed E-state index contributed by atoms with van der Waals surface area (Å²) in [6, 6.07) is 10.9. The van der Waals surface area contributed by atoms with Crippen molar-refractivity contribution < 1.29 is 4.79 Å². The Morgan fingerprint density at radius 2 is 1.86 bits per heavy atom. The van der Waals surface area contributed by atoms with Crippen molar-refractivity contribution in [2.24, 2.45) is 0 Å². The largest absolute Gasteiger partial charge is 0.320 e. The van der Waals surface area contributed by atoms with Crippen LogP contribution in [0.15, 0.2) is 61.4 Å². The second-order valence-electron chi connectivity index (χ2n) is 6.69. The van der Waals surface area contributed by atoms with Crippen LogP contribution in [-0.4, -0.2) is 35.4 Å². The van der Waals surface area contributed by atoms with Crippen molar-refractivity contribution in [3.8, 4) is 11.5 Å². The Bertz CT molecular complexity index is 1120. The molecule has 0 aliphatic heterocycles. The van der Waals surface area contributed by atoms with E-state index in [0.29, 0.717) is 22.1 Å². The fourth-order valence-corrected chi connectivity index (χ4v) is 3.12. The highest BCUT2D eigenvalue weighted by atomic mass is 35.5. The number of hydrogen-bond acceptors (Lipinski definition) is 5. The number of nitrogens with one attached hydrogen (secondary N) is 1. The number of carbonyl (C=O) groups is 1. The molecule has 0 unspecified atom stereocenters. The zero-order valence-electron chi connectivity index (χ0n) is 15.8. The molecular formula is C20H18ClN7O. The molecule has 0 spiro atoms. The van der Waals surface area contributed by atoms with E-state index < -0.39 is 0 Å². The molecule has 1 N–H and O–H groups in total. The third-order valence-corrected chi connectivity index (χ3v) is 4.58. The van der Waals surface area contributed by atoms with E-state index in [9.17, 15) is 4.79 Å². The van der Waals surface area contributed by atoms with Crippen LogP contribution in [0.2, 0.25) is 5.02 Å². The smallest absolute Gasteiger partial charge is 0.259 e. The Labute approximate surface area is 172 Å². The number of pyridine rings is 1. The zero-order valence-corrected chi connectivity index (χ0v) is 16.6. The van der Waals surface area contributed by atoms with Crippen LogP contribution in [0.5, 0.6) is 0 Å². The Kier molecular flexibility index (Phi) is 5.09. The second-order valence-corrected chi connectivity index (χ2v) is 7.12. The molecule has 0 atom stereocenters. The number of aromatic nitrogens is 6. The number of benzene rings is 1. The quantitative estimate of drug-likeness (QED) is 0.542. The number of hydrogen-bond donors (Lipinski definition) is 1. The predicted molar refractivity (Wildman–Crippen MR) is 110 cm³/mol. The molecule has 3 heterocycles. The molecule has 29 heavy (non-hydrogen) atoms. The summed E-state index contributed by atoms with van der Waals surface area (Å²) in [7, 11) is 0. The monoisotopic (exact) mass is 407 g/mol. The van der Waals surface area contributed by atoms with Gasteiger partial charge in [-0.3, -0.25) is 4.79 Å². The van der Waals surface area contributed by atoms with Crippen LogP contribution in [0, 0.1) is 0 Å². The molecule has 3 aromatic heterocycles. The van der Waals surface area contributed by atoms with Gasteiger partial charge in [0.1, 0.15) is 12.7 Å². The van der Waals surface area contributed by atoms with Crippen LogP contribution in [0.4, 0.5) is 5.69 Å². The lowest BCUT2D eigenvalue weighted by Gasteiger charge is -2.13. The summed E-state index contributed by atoms with van der Waals surface area (Å²) in [6.07, 6.45) is 6.15. The van der Waals surface area contributed by atoms with Crippen molar-refractivity contribution in [3.63, 3.8) is 0 Å². The Hall–Kier alpha value is -3.52. The van der Waals surface area contributed by atoms with E-state index in [4.69, 9.17) is 11.6 Å². The summed E-state index contributed by atoms with van der Waals surface area (Å²) in [5.74, 6) is 0.449. The summed E-state index contributed by atoms with van der Waals surface area (Å²) in [6.45, 7) is 4.04. The van der Waals surface area contributed by atoms with Crippen LogP contribution >= 0.6 is 11.6 Å². The lowest BCUT2D eigenvalue weighted by molar-refractivity contribution is 0.102. The topological polar surface area (TPSA) is 90.5 Å². The maximum atomic E-state index is 12.9. The Morgan fingerprint density at radius 1 is 1.07 bits per heavy atom. The van der Waals surface area contributed by atoms with Gasteiger partial charge in [0.25, 0.3) is 5.91 Å². The average Bonchev–Trinajstić information content (AvgIpc) is 3.39. The highest BCUT2D eigenvalue weighted by molar-refractivity contribution is 6.30. The number of nitrogens with zero attached hydrogens (tertiary/aromatic N) is 6. The van der Waals surface area contributed by atoms with E-state index in [-0.39, 0.29) is 11.8 Å². The van der Waals surface area contributed by atoms with Gasteiger partial charge in [0, 0.05) is 5.02 Å². The number of amides is 1. The Morgan fingerprint density at radius 3 is 2.48 bits per heavy atom. The fourth-order valence-electron chi connectivity index (χ4n) is 3.00. The first-order valence-electron chi connectivity index (χ1n) is 8.99. The minimum absolute atomic E-state index is 0.0849. The number of anilines is 1. The van der Waals surface area contributed by atoms with Gasteiger partial charge in [-0.2, -0.15) is 10.2 Å². The van der Waals surface area contributed by atoms with E-state index in [1.807, 2.05) is 26.0 Å². The van der Waals surface area contributed by atoms with Gasteiger partial charge in [-0.25, -0.2) is 19.3 Å².